The number of anilines is 1. The lowest BCUT2D eigenvalue weighted by Gasteiger charge is -2.25. The van der Waals surface area contributed by atoms with Gasteiger partial charge in [0, 0.05) is 37.2 Å². The molecule has 0 unspecified atom stereocenters. The lowest BCUT2D eigenvalue weighted by molar-refractivity contribution is -0.125. The van der Waals surface area contributed by atoms with E-state index < -0.39 is 10.0 Å². The number of rotatable bonds is 3. The van der Waals surface area contributed by atoms with E-state index in [1.165, 1.54) is 4.31 Å². The van der Waals surface area contributed by atoms with Gasteiger partial charge in [-0.15, -0.1) is 0 Å². The molecule has 7 heteroatoms. The Morgan fingerprint density at radius 3 is 2.39 bits per heavy atom. The van der Waals surface area contributed by atoms with Gasteiger partial charge in [0.25, 0.3) is 0 Å². The number of hydrogen-bond donors (Lipinski definition) is 0. The smallest absolute Gasteiger partial charge is 0.246 e. The van der Waals surface area contributed by atoms with Crippen molar-refractivity contribution in [3.05, 3.63) is 35.9 Å². The van der Waals surface area contributed by atoms with Gasteiger partial charge in [0.2, 0.25) is 15.9 Å². The number of benzene rings is 1. The molecule has 0 N–H and O–H groups in total. The predicted octanol–water partition coefficient (Wildman–Crippen LogP) is 1.82. The quantitative estimate of drug-likeness (QED) is 0.779. The first-order chi connectivity index (χ1) is 11.1. The Bertz CT molecular complexity index is 693. The summed E-state index contributed by atoms with van der Waals surface area (Å²) in [4.78, 5) is 13.9. The maximum absolute atomic E-state index is 12.1. The molecule has 0 radical (unpaired) electrons. The molecule has 0 aliphatic carbocycles. The number of thioether (sulfide) groups is 1. The van der Waals surface area contributed by atoms with Crippen LogP contribution in [0.3, 0.4) is 0 Å². The molecule has 2 heterocycles. The van der Waals surface area contributed by atoms with Crippen molar-refractivity contribution in [2.75, 3.05) is 41.2 Å². The maximum Gasteiger partial charge on any atom is 0.246 e. The molecule has 0 aromatic heterocycles. The number of carbonyl (C=O) groups excluding carboxylic acids is 1. The highest BCUT2D eigenvalue weighted by molar-refractivity contribution is 7.99. The zero-order chi connectivity index (χ0) is 16.3. The zero-order valence-electron chi connectivity index (χ0n) is 12.8. The molecule has 5 nitrogen and oxygen atoms in total. The van der Waals surface area contributed by atoms with Crippen LogP contribution in [0.5, 0.6) is 0 Å². The molecule has 2 saturated heterocycles. The Morgan fingerprint density at radius 2 is 1.78 bits per heavy atom. The van der Waals surface area contributed by atoms with E-state index >= 15 is 0 Å². The number of carbonyl (C=O) groups is 1. The summed E-state index contributed by atoms with van der Waals surface area (Å²) in [5, 5.41) is 0. The number of sulfonamides is 1. The van der Waals surface area contributed by atoms with Crippen molar-refractivity contribution in [2.45, 2.75) is 6.42 Å². The summed E-state index contributed by atoms with van der Waals surface area (Å²) in [5.41, 5.74) is 1.59. The van der Waals surface area contributed by atoms with Crippen molar-refractivity contribution < 1.29 is 13.2 Å². The fourth-order valence-electron chi connectivity index (χ4n) is 2.74. The Hall–Kier alpha value is -1.47. The first-order valence-corrected chi connectivity index (χ1v) is 10.5. The minimum absolute atomic E-state index is 0.0384. The number of hydrogen-bond acceptors (Lipinski definition) is 4. The molecule has 0 spiro atoms. The van der Waals surface area contributed by atoms with Gasteiger partial charge in [0.1, 0.15) is 0 Å². The first kappa shape index (κ1) is 16.4. The highest BCUT2D eigenvalue weighted by Gasteiger charge is 2.28. The van der Waals surface area contributed by atoms with Crippen molar-refractivity contribution in [2.24, 2.45) is 0 Å². The largest absolute Gasteiger partial charge is 0.338 e. The summed E-state index contributed by atoms with van der Waals surface area (Å²) in [6.07, 6.45) is 4.05. The lowest BCUT2D eigenvalue weighted by atomic mass is 10.2. The second kappa shape index (κ2) is 6.97. The number of nitrogens with zero attached hydrogens (tertiary/aromatic N) is 2. The zero-order valence-corrected chi connectivity index (χ0v) is 14.5. The second-order valence-corrected chi connectivity index (χ2v) is 8.84. The highest BCUT2D eigenvalue weighted by Crippen LogP contribution is 2.24. The van der Waals surface area contributed by atoms with Crippen molar-refractivity contribution in [3.8, 4) is 0 Å². The minimum atomic E-state index is -3.14. The van der Waals surface area contributed by atoms with Gasteiger partial charge in [-0.25, -0.2) is 8.42 Å². The fraction of sp³-hybridized carbons (Fsp3) is 0.438. The van der Waals surface area contributed by atoms with Gasteiger partial charge in [-0.1, -0.05) is 12.1 Å². The van der Waals surface area contributed by atoms with E-state index in [1.807, 2.05) is 28.8 Å². The van der Waals surface area contributed by atoms with Crippen LogP contribution in [-0.2, 0) is 14.8 Å². The fourth-order valence-corrected chi connectivity index (χ4v) is 5.21. The molecular formula is C16H20N2O3S2. The van der Waals surface area contributed by atoms with Crippen molar-refractivity contribution in [1.29, 1.82) is 0 Å². The van der Waals surface area contributed by atoms with Crippen LogP contribution in [0.1, 0.15) is 12.0 Å². The number of amides is 1. The molecule has 2 fully saturated rings. The summed E-state index contributed by atoms with van der Waals surface area (Å²) < 4.78 is 25.3. The van der Waals surface area contributed by atoms with Crippen LogP contribution in [0, 0.1) is 0 Å². The molecule has 2 aliphatic heterocycles. The van der Waals surface area contributed by atoms with Crippen LogP contribution in [0.15, 0.2) is 30.3 Å². The summed E-state index contributed by atoms with van der Waals surface area (Å²) in [6, 6.07) is 7.28. The van der Waals surface area contributed by atoms with Crippen LogP contribution in [0.2, 0.25) is 0 Å². The molecule has 124 valence electrons. The minimum Gasteiger partial charge on any atom is -0.338 e. The third-order valence-electron chi connectivity index (χ3n) is 4.02. The molecule has 1 aromatic rings. The van der Waals surface area contributed by atoms with Crippen LogP contribution < -0.4 is 4.31 Å². The summed E-state index contributed by atoms with van der Waals surface area (Å²) in [7, 11) is -3.14. The third-order valence-corrected chi connectivity index (χ3v) is 6.83. The summed E-state index contributed by atoms with van der Waals surface area (Å²) in [6.45, 7) is 2.15. The van der Waals surface area contributed by atoms with Gasteiger partial charge >= 0.3 is 0 Å². The van der Waals surface area contributed by atoms with Gasteiger partial charge in [0.05, 0.1) is 11.4 Å². The average molecular weight is 352 g/mol. The Kier molecular flexibility index (Phi) is 4.96. The topological polar surface area (TPSA) is 57.7 Å². The van der Waals surface area contributed by atoms with Gasteiger partial charge in [0.15, 0.2) is 0 Å². The Balaban J connectivity index is 1.65. The van der Waals surface area contributed by atoms with E-state index in [4.69, 9.17) is 0 Å². The molecule has 23 heavy (non-hydrogen) atoms. The van der Waals surface area contributed by atoms with Crippen LogP contribution in [-0.4, -0.2) is 56.1 Å². The molecular weight excluding hydrogens is 332 g/mol. The Labute approximate surface area is 141 Å². The molecule has 1 amide bonds. The second-order valence-electron chi connectivity index (χ2n) is 5.60. The van der Waals surface area contributed by atoms with Crippen molar-refractivity contribution in [3.63, 3.8) is 0 Å². The van der Waals surface area contributed by atoms with Gasteiger partial charge in [-0.05, 0) is 30.2 Å². The Morgan fingerprint density at radius 1 is 1.09 bits per heavy atom. The van der Waals surface area contributed by atoms with Gasteiger partial charge < -0.3 is 4.90 Å². The van der Waals surface area contributed by atoms with E-state index in [-0.39, 0.29) is 11.7 Å². The third kappa shape index (κ3) is 3.90. The van der Waals surface area contributed by atoms with E-state index in [1.54, 1.807) is 24.3 Å². The van der Waals surface area contributed by atoms with Crippen LogP contribution >= 0.6 is 11.8 Å². The van der Waals surface area contributed by atoms with E-state index in [2.05, 4.69) is 0 Å². The van der Waals surface area contributed by atoms with Crippen molar-refractivity contribution in [1.82, 2.24) is 4.90 Å². The molecule has 0 saturated carbocycles. The van der Waals surface area contributed by atoms with Crippen LogP contribution in [0.25, 0.3) is 6.08 Å². The predicted molar refractivity (Wildman–Crippen MR) is 95.1 cm³/mol. The summed E-state index contributed by atoms with van der Waals surface area (Å²) in [5.74, 6) is 2.26. The average Bonchev–Trinajstić information content (AvgIpc) is 2.93. The SMILES string of the molecule is O=C(C=Cc1ccc(N2CCCS2(=O)=O)cc1)N1CCSCC1. The van der Waals surface area contributed by atoms with Crippen LogP contribution in [0.4, 0.5) is 5.69 Å². The molecule has 0 bridgehead atoms. The van der Waals surface area contributed by atoms with Gasteiger partial charge in [-0.2, -0.15) is 11.8 Å². The van der Waals surface area contributed by atoms with E-state index in [9.17, 15) is 13.2 Å². The first-order valence-electron chi connectivity index (χ1n) is 7.71. The van der Waals surface area contributed by atoms with E-state index in [0.29, 0.717) is 18.7 Å². The highest BCUT2D eigenvalue weighted by atomic mass is 32.2. The molecule has 3 rings (SSSR count). The van der Waals surface area contributed by atoms with E-state index in [0.717, 1.165) is 30.2 Å². The maximum atomic E-state index is 12.1. The normalized spacial score (nSPS) is 21.0. The molecule has 1 aromatic carbocycles. The standard InChI is InChI=1S/C16H20N2O3S2/c19-16(17-9-11-22-12-10-17)7-4-14-2-5-15(6-3-14)18-8-1-13-23(18,20)21/h2-7H,1,8-13H2. The van der Waals surface area contributed by atoms with Gasteiger partial charge in [-0.3, -0.25) is 9.10 Å². The lowest BCUT2D eigenvalue weighted by Crippen LogP contribution is -2.36. The summed E-state index contributed by atoms with van der Waals surface area (Å²) >= 11 is 1.87. The monoisotopic (exact) mass is 352 g/mol. The van der Waals surface area contributed by atoms with Crippen molar-refractivity contribution >= 4 is 39.5 Å². The molecule has 2 aliphatic rings. The molecule has 0 atom stereocenters.